The Kier molecular flexibility index (Phi) is 4.21. The molecular weight excluding hydrogens is 320 g/mol. The largest absolute Gasteiger partial charge is 0.382 e. The van der Waals surface area contributed by atoms with E-state index >= 15 is 0 Å². The van der Waals surface area contributed by atoms with E-state index in [-0.39, 0.29) is 5.41 Å². The van der Waals surface area contributed by atoms with Crippen molar-refractivity contribution < 1.29 is 4.79 Å². The second-order valence-electron chi connectivity index (χ2n) is 9.71. The van der Waals surface area contributed by atoms with Crippen LogP contribution in [-0.2, 0) is 4.79 Å². The highest BCUT2D eigenvalue weighted by molar-refractivity contribution is 5.95. The monoisotopic (exact) mass is 352 g/mol. The Morgan fingerprint density at radius 2 is 1.35 bits per heavy atom. The third-order valence-corrected chi connectivity index (χ3v) is 7.64. The molecule has 5 saturated carbocycles. The van der Waals surface area contributed by atoms with Gasteiger partial charge in [-0.05, 0) is 93.4 Å². The first-order chi connectivity index (χ1) is 12.7. The number of benzene rings is 1. The van der Waals surface area contributed by atoms with Crippen LogP contribution in [0.5, 0.6) is 0 Å². The van der Waals surface area contributed by atoms with Crippen molar-refractivity contribution in [2.75, 3.05) is 10.6 Å². The third kappa shape index (κ3) is 3.14. The van der Waals surface area contributed by atoms with Gasteiger partial charge in [0.25, 0.3) is 0 Å². The molecule has 140 valence electrons. The van der Waals surface area contributed by atoms with Crippen molar-refractivity contribution in [3.8, 4) is 0 Å². The average molecular weight is 353 g/mol. The Hall–Kier alpha value is -1.51. The van der Waals surface area contributed by atoms with Crippen molar-refractivity contribution in [2.24, 2.45) is 23.2 Å². The normalized spacial score (nSPS) is 36.1. The maximum atomic E-state index is 13.1. The Morgan fingerprint density at radius 3 is 1.92 bits per heavy atom. The van der Waals surface area contributed by atoms with Crippen LogP contribution in [0.4, 0.5) is 11.4 Å². The van der Waals surface area contributed by atoms with Crippen LogP contribution in [0.2, 0.25) is 0 Å². The van der Waals surface area contributed by atoms with E-state index in [9.17, 15) is 4.79 Å². The number of carbonyl (C=O) groups excluding carboxylic acids is 1. The molecule has 0 saturated heterocycles. The van der Waals surface area contributed by atoms with E-state index in [0.717, 1.165) is 42.7 Å². The van der Waals surface area contributed by atoms with E-state index in [0.29, 0.717) is 11.9 Å². The van der Waals surface area contributed by atoms with Gasteiger partial charge in [0, 0.05) is 17.4 Å². The summed E-state index contributed by atoms with van der Waals surface area (Å²) >= 11 is 0. The summed E-state index contributed by atoms with van der Waals surface area (Å²) in [4.78, 5) is 13.1. The number of anilines is 2. The van der Waals surface area contributed by atoms with Crippen molar-refractivity contribution in [1.82, 2.24) is 0 Å². The van der Waals surface area contributed by atoms with Crippen LogP contribution in [0.1, 0.15) is 70.6 Å². The summed E-state index contributed by atoms with van der Waals surface area (Å²) in [6.45, 7) is 0. The fourth-order valence-electron chi connectivity index (χ4n) is 6.78. The molecule has 6 rings (SSSR count). The molecule has 0 radical (unpaired) electrons. The molecule has 1 aromatic rings. The SMILES string of the molecule is O=C(Nc1ccc(NC2CCCCC2)cc1)C12CC3CC(CC(C3)C1)C2. The molecule has 5 fully saturated rings. The zero-order valence-electron chi connectivity index (χ0n) is 15.8. The minimum absolute atomic E-state index is 0.0617. The molecule has 0 atom stereocenters. The second-order valence-corrected chi connectivity index (χ2v) is 9.71. The van der Waals surface area contributed by atoms with Crippen molar-refractivity contribution in [3.05, 3.63) is 24.3 Å². The van der Waals surface area contributed by atoms with Gasteiger partial charge in [-0.2, -0.15) is 0 Å². The molecule has 5 aliphatic carbocycles. The zero-order chi connectivity index (χ0) is 17.6. The van der Waals surface area contributed by atoms with Crippen molar-refractivity contribution in [1.29, 1.82) is 0 Å². The molecule has 0 unspecified atom stereocenters. The van der Waals surface area contributed by atoms with E-state index < -0.39 is 0 Å². The Morgan fingerprint density at radius 1 is 0.808 bits per heavy atom. The van der Waals surface area contributed by atoms with E-state index in [4.69, 9.17) is 0 Å². The smallest absolute Gasteiger partial charge is 0.230 e. The topological polar surface area (TPSA) is 41.1 Å². The highest BCUT2D eigenvalue weighted by Gasteiger charge is 2.54. The van der Waals surface area contributed by atoms with Crippen molar-refractivity contribution in [3.63, 3.8) is 0 Å². The summed E-state index contributed by atoms with van der Waals surface area (Å²) in [6.07, 6.45) is 14.2. The molecule has 2 N–H and O–H groups in total. The molecule has 0 spiro atoms. The standard InChI is InChI=1S/C23H32N2O/c26-22(23-13-16-10-17(14-23)12-18(11-16)15-23)25-21-8-6-20(7-9-21)24-19-4-2-1-3-5-19/h6-9,16-19,24H,1-5,10-15H2,(H,25,26). The van der Waals surface area contributed by atoms with Crippen LogP contribution in [0.3, 0.4) is 0 Å². The number of hydrogen-bond acceptors (Lipinski definition) is 2. The molecular formula is C23H32N2O. The molecule has 0 aliphatic heterocycles. The van der Waals surface area contributed by atoms with E-state index in [1.165, 1.54) is 57.1 Å². The number of hydrogen-bond donors (Lipinski definition) is 2. The van der Waals surface area contributed by atoms with Gasteiger partial charge in [0.2, 0.25) is 5.91 Å². The Balaban J connectivity index is 1.23. The minimum Gasteiger partial charge on any atom is -0.382 e. The van der Waals surface area contributed by atoms with E-state index in [1.807, 2.05) is 0 Å². The van der Waals surface area contributed by atoms with Gasteiger partial charge < -0.3 is 10.6 Å². The van der Waals surface area contributed by atoms with Gasteiger partial charge in [0.1, 0.15) is 0 Å². The number of carbonyl (C=O) groups is 1. The predicted molar refractivity (Wildman–Crippen MR) is 106 cm³/mol. The van der Waals surface area contributed by atoms with Gasteiger partial charge in [-0.15, -0.1) is 0 Å². The number of rotatable bonds is 4. The van der Waals surface area contributed by atoms with Crippen molar-refractivity contribution >= 4 is 17.3 Å². The summed E-state index contributed by atoms with van der Waals surface area (Å²) in [5, 5.41) is 6.92. The first-order valence-electron chi connectivity index (χ1n) is 10.9. The maximum Gasteiger partial charge on any atom is 0.230 e. The van der Waals surface area contributed by atoms with E-state index in [1.54, 1.807) is 0 Å². The minimum atomic E-state index is -0.0617. The second kappa shape index (κ2) is 6.58. The lowest BCUT2D eigenvalue weighted by atomic mass is 9.49. The fourth-order valence-corrected chi connectivity index (χ4v) is 6.78. The van der Waals surface area contributed by atoms with Gasteiger partial charge in [-0.1, -0.05) is 19.3 Å². The predicted octanol–water partition coefficient (Wildman–Crippen LogP) is 5.59. The molecule has 0 heterocycles. The summed E-state index contributed by atoms with van der Waals surface area (Å²) in [5.41, 5.74) is 2.08. The lowest BCUT2D eigenvalue weighted by molar-refractivity contribution is -0.140. The summed E-state index contributed by atoms with van der Waals surface area (Å²) in [5.74, 6) is 2.74. The van der Waals surface area contributed by atoms with Crippen LogP contribution in [0.25, 0.3) is 0 Å². The quantitative estimate of drug-likeness (QED) is 0.742. The van der Waals surface area contributed by atoms with Gasteiger partial charge in [-0.3, -0.25) is 4.79 Å². The number of nitrogens with one attached hydrogen (secondary N) is 2. The molecule has 1 amide bonds. The van der Waals surface area contributed by atoms with Crippen molar-refractivity contribution in [2.45, 2.75) is 76.7 Å². The summed E-state index contributed by atoms with van der Waals surface area (Å²) in [7, 11) is 0. The lowest BCUT2D eigenvalue weighted by Gasteiger charge is -2.55. The molecule has 3 nitrogen and oxygen atoms in total. The van der Waals surface area contributed by atoms with Gasteiger partial charge in [-0.25, -0.2) is 0 Å². The maximum absolute atomic E-state index is 13.1. The fraction of sp³-hybridized carbons (Fsp3) is 0.696. The Labute approximate surface area is 157 Å². The molecule has 0 aromatic heterocycles. The van der Waals surface area contributed by atoms with Crippen LogP contribution >= 0.6 is 0 Å². The van der Waals surface area contributed by atoms with Gasteiger partial charge >= 0.3 is 0 Å². The first kappa shape index (κ1) is 16.6. The summed E-state index contributed by atoms with van der Waals surface area (Å²) < 4.78 is 0. The first-order valence-corrected chi connectivity index (χ1v) is 10.9. The average Bonchev–Trinajstić information content (AvgIpc) is 2.63. The van der Waals surface area contributed by atoms with Gasteiger partial charge in [0.15, 0.2) is 0 Å². The van der Waals surface area contributed by atoms with E-state index in [2.05, 4.69) is 34.9 Å². The molecule has 1 aromatic carbocycles. The third-order valence-electron chi connectivity index (χ3n) is 7.64. The molecule has 5 aliphatic rings. The number of amides is 1. The highest BCUT2D eigenvalue weighted by Crippen LogP contribution is 2.60. The highest BCUT2D eigenvalue weighted by atomic mass is 16.2. The van der Waals surface area contributed by atoms with Crippen LogP contribution < -0.4 is 10.6 Å². The lowest BCUT2D eigenvalue weighted by Crippen LogP contribution is -2.51. The van der Waals surface area contributed by atoms with Gasteiger partial charge in [0.05, 0.1) is 5.41 Å². The van der Waals surface area contributed by atoms with Crippen LogP contribution in [0, 0.1) is 23.2 Å². The zero-order valence-corrected chi connectivity index (χ0v) is 15.8. The van der Waals surface area contributed by atoms with Crippen LogP contribution in [0.15, 0.2) is 24.3 Å². The molecule has 26 heavy (non-hydrogen) atoms. The Bertz CT molecular complexity index is 624. The molecule has 3 heteroatoms. The molecule has 4 bridgehead atoms. The summed E-state index contributed by atoms with van der Waals surface area (Å²) in [6, 6.07) is 9.03. The van der Waals surface area contributed by atoms with Crippen LogP contribution in [-0.4, -0.2) is 11.9 Å².